The summed E-state index contributed by atoms with van der Waals surface area (Å²) in [6, 6.07) is 2.25. The van der Waals surface area contributed by atoms with Crippen molar-refractivity contribution in [2.75, 3.05) is 7.05 Å². The number of hydrogen-bond acceptors (Lipinski definition) is 1. The first-order chi connectivity index (χ1) is 8.18. The van der Waals surface area contributed by atoms with Gasteiger partial charge in [0.05, 0.1) is 0 Å². The molecule has 0 radical (unpaired) electrons. The number of nitrogens with zero attached hydrogens (tertiary/aromatic N) is 1. The summed E-state index contributed by atoms with van der Waals surface area (Å²) in [5, 5.41) is 0. The van der Waals surface area contributed by atoms with Gasteiger partial charge in [-0.1, -0.05) is 25.7 Å². The van der Waals surface area contributed by atoms with Gasteiger partial charge in [0.25, 0.3) is 5.91 Å². The van der Waals surface area contributed by atoms with Gasteiger partial charge in [-0.2, -0.15) is 0 Å². The summed E-state index contributed by atoms with van der Waals surface area (Å²) in [5.74, 6) is 0.0996. The molecule has 0 aromatic carbocycles. The van der Waals surface area contributed by atoms with Crippen LogP contribution in [0.1, 0.15) is 49.0 Å². The van der Waals surface area contributed by atoms with Crippen LogP contribution in [0, 0.1) is 0 Å². The van der Waals surface area contributed by atoms with E-state index in [2.05, 4.69) is 20.9 Å². The maximum atomic E-state index is 12.2. The van der Waals surface area contributed by atoms with E-state index in [-0.39, 0.29) is 5.91 Å². The van der Waals surface area contributed by atoms with Crippen LogP contribution in [0.15, 0.2) is 16.7 Å². The van der Waals surface area contributed by atoms with Crippen LogP contribution >= 0.6 is 15.9 Å². The summed E-state index contributed by atoms with van der Waals surface area (Å²) >= 11 is 3.36. The van der Waals surface area contributed by atoms with Gasteiger partial charge in [-0.25, -0.2) is 0 Å². The van der Waals surface area contributed by atoms with Gasteiger partial charge >= 0.3 is 0 Å². The lowest BCUT2D eigenvalue weighted by molar-refractivity contribution is 0.0712. The van der Waals surface area contributed by atoms with Gasteiger partial charge in [-0.15, -0.1) is 0 Å². The number of aromatic nitrogens is 1. The summed E-state index contributed by atoms with van der Waals surface area (Å²) in [6.07, 6.45) is 9.20. The fourth-order valence-electron chi connectivity index (χ4n) is 2.49. The molecule has 0 bridgehead atoms. The highest BCUT2D eigenvalue weighted by atomic mass is 79.9. The van der Waals surface area contributed by atoms with Crippen LogP contribution in [-0.4, -0.2) is 28.9 Å². The van der Waals surface area contributed by atoms with E-state index >= 15 is 0 Å². The highest BCUT2D eigenvalue weighted by Gasteiger charge is 2.22. The topological polar surface area (TPSA) is 36.1 Å². The van der Waals surface area contributed by atoms with Gasteiger partial charge < -0.3 is 9.88 Å². The normalized spacial score (nSPS) is 17.8. The second-order valence-corrected chi connectivity index (χ2v) is 5.71. The number of carbonyl (C=O) groups is 1. The first-order valence-corrected chi connectivity index (χ1v) is 7.09. The van der Waals surface area contributed by atoms with Crippen molar-refractivity contribution in [2.45, 2.75) is 44.6 Å². The molecule has 0 atom stereocenters. The molecule has 0 unspecified atom stereocenters. The van der Waals surface area contributed by atoms with Crippen LogP contribution in [0.25, 0.3) is 0 Å². The second kappa shape index (κ2) is 5.71. The molecule has 2 rings (SSSR count). The molecule has 94 valence electrons. The minimum absolute atomic E-state index is 0.0996. The van der Waals surface area contributed by atoms with Crippen molar-refractivity contribution in [3.8, 4) is 0 Å². The minimum atomic E-state index is 0.0996. The Bertz CT molecular complexity index is 381. The molecule has 1 saturated carbocycles. The molecular weight excluding hydrogens is 280 g/mol. The zero-order valence-corrected chi connectivity index (χ0v) is 11.8. The van der Waals surface area contributed by atoms with Gasteiger partial charge in [0.1, 0.15) is 5.69 Å². The van der Waals surface area contributed by atoms with Crippen LogP contribution in [-0.2, 0) is 0 Å². The van der Waals surface area contributed by atoms with Crippen LogP contribution in [0.5, 0.6) is 0 Å². The summed E-state index contributed by atoms with van der Waals surface area (Å²) in [5.41, 5.74) is 0.670. The maximum Gasteiger partial charge on any atom is 0.270 e. The van der Waals surface area contributed by atoms with E-state index in [1.54, 1.807) is 6.20 Å². The van der Waals surface area contributed by atoms with Gasteiger partial charge in [0.15, 0.2) is 0 Å². The predicted octanol–water partition coefficient (Wildman–Crippen LogP) is 3.57. The molecule has 1 aliphatic carbocycles. The first kappa shape index (κ1) is 12.7. The van der Waals surface area contributed by atoms with Crippen LogP contribution in [0.4, 0.5) is 0 Å². The highest BCUT2D eigenvalue weighted by Crippen LogP contribution is 2.22. The van der Waals surface area contributed by atoms with E-state index in [1.807, 2.05) is 18.0 Å². The number of nitrogens with one attached hydrogen (secondary N) is 1. The van der Waals surface area contributed by atoms with E-state index in [1.165, 1.54) is 25.7 Å². The van der Waals surface area contributed by atoms with Gasteiger partial charge in [-0.05, 0) is 34.8 Å². The van der Waals surface area contributed by atoms with Crippen LogP contribution in [0.3, 0.4) is 0 Å². The molecule has 0 saturated heterocycles. The molecule has 1 N–H and O–H groups in total. The van der Waals surface area contributed by atoms with Gasteiger partial charge in [0, 0.05) is 23.8 Å². The zero-order valence-electron chi connectivity index (χ0n) is 10.2. The Labute approximate surface area is 111 Å². The minimum Gasteiger partial charge on any atom is -0.356 e. The molecule has 1 heterocycles. The van der Waals surface area contributed by atoms with E-state index < -0.39 is 0 Å². The van der Waals surface area contributed by atoms with Crippen molar-refractivity contribution in [1.82, 2.24) is 9.88 Å². The Morgan fingerprint density at radius 2 is 2.00 bits per heavy atom. The predicted molar refractivity (Wildman–Crippen MR) is 72.1 cm³/mol. The van der Waals surface area contributed by atoms with Crippen molar-refractivity contribution in [3.05, 3.63) is 22.4 Å². The fraction of sp³-hybridized carbons (Fsp3) is 0.615. The third kappa shape index (κ3) is 3.12. The van der Waals surface area contributed by atoms with E-state index in [0.29, 0.717) is 11.7 Å². The Kier molecular flexibility index (Phi) is 4.26. The number of amides is 1. The largest absolute Gasteiger partial charge is 0.356 e. The monoisotopic (exact) mass is 298 g/mol. The lowest BCUT2D eigenvalue weighted by atomic mass is 10.1. The van der Waals surface area contributed by atoms with Crippen molar-refractivity contribution < 1.29 is 4.79 Å². The Morgan fingerprint density at radius 1 is 1.35 bits per heavy atom. The molecule has 0 spiro atoms. The SMILES string of the molecule is CN(C(=O)c1cc(Br)c[nH]1)C1CCCCCC1. The average Bonchev–Trinajstić information content (AvgIpc) is 2.60. The molecule has 3 nitrogen and oxygen atoms in total. The number of carbonyl (C=O) groups excluding carboxylic acids is 1. The van der Waals surface area contributed by atoms with Gasteiger partial charge in [-0.3, -0.25) is 4.79 Å². The Hall–Kier alpha value is -0.770. The summed E-state index contributed by atoms with van der Waals surface area (Å²) in [7, 11) is 1.92. The quantitative estimate of drug-likeness (QED) is 0.833. The third-order valence-electron chi connectivity index (χ3n) is 3.57. The van der Waals surface area contributed by atoms with Crippen molar-refractivity contribution in [3.63, 3.8) is 0 Å². The zero-order chi connectivity index (χ0) is 12.3. The Morgan fingerprint density at radius 3 is 2.53 bits per heavy atom. The number of aromatic amines is 1. The summed E-state index contributed by atoms with van der Waals surface area (Å²) in [6.45, 7) is 0. The summed E-state index contributed by atoms with van der Waals surface area (Å²) < 4.78 is 0.926. The van der Waals surface area contributed by atoms with Crippen molar-refractivity contribution in [2.24, 2.45) is 0 Å². The van der Waals surface area contributed by atoms with Crippen LogP contribution in [0.2, 0.25) is 0 Å². The lowest BCUT2D eigenvalue weighted by Crippen LogP contribution is -2.36. The number of rotatable bonds is 2. The molecule has 1 amide bonds. The molecule has 1 fully saturated rings. The van der Waals surface area contributed by atoms with E-state index in [9.17, 15) is 4.79 Å². The fourth-order valence-corrected chi connectivity index (χ4v) is 2.84. The molecule has 0 aliphatic heterocycles. The molecular formula is C13H19BrN2O. The lowest BCUT2D eigenvalue weighted by Gasteiger charge is -2.26. The number of H-pyrrole nitrogens is 1. The smallest absolute Gasteiger partial charge is 0.270 e. The van der Waals surface area contributed by atoms with E-state index in [4.69, 9.17) is 0 Å². The number of halogens is 1. The maximum absolute atomic E-state index is 12.2. The Balaban J connectivity index is 2.03. The molecule has 17 heavy (non-hydrogen) atoms. The van der Waals surface area contributed by atoms with Crippen molar-refractivity contribution in [1.29, 1.82) is 0 Å². The standard InChI is InChI=1S/C13H19BrN2O/c1-16(11-6-4-2-3-5-7-11)13(17)12-8-10(14)9-15-12/h8-9,11,15H,2-7H2,1H3. The van der Waals surface area contributed by atoms with Gasteiger partial charge in [0.2, 0.25) is 0 Å². The summed E-state index contributed by atoms with van der Waals surface area (Å²) in [4.78, 5) is 17.2. The van der Waals surface area contributed by atoms with E-state index in [0.717, 1.165) is 17.3 Å². The molecule has 1 aromatic rings. The van der Waals surface area contributed by atoms with Crippen molar-refractivity contribution >= 4 is 21.8 Å². The average molecular weight is 299 g/mol. The number of hydrogen-bond donors (Lipinski definition) is 1. The highest BCUT2D eigenvalue weighted by molar-refractivity contribution is 9.10. The molecule has 4 heteroatoms. The molecule has 1 aliphatic rings. The third-order valence-corrected chi connectivity index (χ3v) is 4.03. The van der Waals surface area contributed by atoms with Crippen LogP contribution < -0.4 is 0 Å². The molecule has 1 aromatic heterocycles. The first-order valence-electron chi connectivity index (χ1n) is 6.29. The second-order valence-electron chi connectivity index (χ2n) is 4.79.